The van der Waals surface area contributed by atoms with Gasteiger partial charge in [-0.05, 0) is 18.9 Å². The van der Waals surface area contributed by atoms with Crippen LogP contribution in [0.25, 0.3) is 0 Å². The number of nitrogens with zero attached hydrogens (tertiary/aromatic N) is 1. The van der Waals surface area contributed by atoms with Crippen LogP contribution >= 0.6 is 24.0 Å². The molecule has 170 valence electrons. The normalized spacial score (nSPS) is 13.9. The monoisotopic (exact) mass is 500 g/mol. The lowest BCUT2D eigenvalue weighted by molar-refractivity contribution is -0.159. The highest BCUT2D eigenvalue weighted by Gasteiger charge is 2.32. The third-order valence-corrected chi connectivity index (χ3v) is 4.73. The molecule has 31 heavy (non-hydrogen) atoms. The Morgan fingerprint density at radius 2 is 1.90 bits per heavy atom. The molecule has 1 heterocycles. The number of pyridine rings is 1. The van der Waals surface area contributed by atoms with Crippen molar-refractivity contribution in [1.29, 1.82) is 0 Å². The van der Waals surface area contributed by atoms with Gasteiger partial charge in [0.25, 0.3) is 5.91 Å². The minimum atomic E-state index is -3.91. The van der Waals surface area contributed by atoms with Gasteiger partial charge in [-0.15, -0.1) is 12.4 Å². The molecule has 0 unspecified atom stereocenters. The molecule has 1 N–H and O–H groups in total. The van der Waals surface area contributed by atoms with Crippen LogP contribution in [0.5, 0.6) is 17.2 Å². The van der Waals surface area contributed by atoms with Crippen LogP contribution in [-0.4, -0.2) is 31.7 Å². The number of hydrogen-bond acceptors (Lipinski definition) is 6. The van der Waals surface area contributed by atoms with Crippen LogP contribution < -0.4 is 14.2 Å². The zero-order valence-corrected chi connectivity index (χ0v) is 18.5. The largest absolute Gasteiger partial charge is 0.454 e. The number of benzene rings is 1. The Kier molecular flexibility index (Phi) is 7.34. The topological polar surface area (TPSA) is 94.6 Å². The molecule has 1 aliphatic rings. The number of aromatic nitrogens is 1. The molecule has 3 rings (SSSR count). The number of hydrogen-bond donors (Lipinski definition) is 1. The maximum Gasteiger partial charge on any atom is 0.394 e. The second kappa shape index (κ2) is 9.09. The molecule has 1 fully saturated rings. The third-order valence-electron chi connectivity index (χ3n) is 3.88. The Morgan fingerprint density at radius 1 is 1.26 bits per heavy atom. The first-order valence-corrected chi connectivity index (χ1v) is 10.8. The summed E-state index contributed by atoms with van der Waals surface area (Å²) in [6.07, 6.45) is 0.147. The summed E-state index contributed by atoms with van der Waals surface area (Å²) < 4.78 is 75.0. The third kappa shape index (κ3) is 6.88. The molecule has 0 radical (unpaired) electrons. The molecular weight excluding hydrogens is 484 g/mol. The van der Waals surface area contributed by atoms with Gasteiger partial charge in [0.1, 0.15) is 17.3 Å². The number of nitrogens with one attached hydrogen (secondary N) is 1. The highest BCUT2D eigenvalue weighted by Crippen LogP contribution is 2.45. The second-order valence-corrected chi connectivity index (χ2v) is 8.96. The van der Waals surface area contributed by atoms with Crippen molar-refractivity contribution in [2.45, 2.75) is 31.8 Å². The fraction of sp³-hybridized carbons (Fsp3) is 0.333. The number of carbonyl (C=O) groups is 1. The molecule has 1 saturated carbocycles. The van der Waals surface area contributed by atoms with Gasteiger partial charge in [-0.1, -0.05) is 11.6 Å². The Balaban J connectivity index is 0.00000341. The van der Waals surface area contributed by atoms with E-state index >= 15 is 0 Å². The van der Waals surface area contributed by atoms with Gasteiger partial charge in [0, 0.05) is 25.0 Å². The summed E-state index contributed by atoms with van der Waals surface area (Å²) in [4.78, 5) is 16.0. The summed E-state index contributed by atoms with van der Waals surface area (Å²) >= 11 is 6.01. The first-order valence-electron chi connectivity index (χ1n) is 8.58. The molecule has 1 aromatic heterocycles. The van der Waals surface area contributed by atoms with E-state index in [0.717, 1.165) is 31.2 Å². The fourth-order valence-corrected chi connectivity index (χ4v) is 3.21. The van der Waals surface area contributed by atoms with Crippen LogP contribution in [0.3, 0.4) is 0 Å². The van der Waals surface area contributed by atoms with Gasteiger partial charge in [0.2, 0.25) is 10.0 Å². The molecule has 0 bridgehead atoms. The first kappa shape index (κ1) is 25.0. The zero-order chi connectivity index (χ0) is 22.3. The van der Waals surface area contributed by atoms with Crippen LogP contribution in [0, 0.1) is 5.82 Å². The van der Waals surface area contributed by atoms with E-state index in [1.807, 2.05) is 0 Å². The molecule has 1 aliphatic carbocycles. The lowest BCUT2D eigenvalue weighted by Gasteiger charge is -2.17. The zero-order valence-electron chi connectivity index (χ0n) is 16.1. The number of sulfonamides is 1. The van der Waals surface area contributed by atoms with Crippen LogP contribution in [-0.2, 0) is 10.0 Å². The number of halogens is 5. The van der Waals surface area contributed by atoms with E-state index in [0.29, 0.717) is 12.6 Å². The molecule has 1 aromatic carbocycles. The van der Waals surface area contributed by atoms with Crippen LogP contribution in [0.1, 0.15) is 41.7 Å². The summed E-state index contributed by atoms with van der Waals surface area (Å²) in [5.74, 6) is -2.74. The van der Waals surface area contributed by atoms with Crippen molar-refractivity contribution in [3.63, 3.8) is 0 Å². The highest BCUT2D eigenvalue weighted by atomic mass is 35.5. The number of carbonyl (C=O) groups excluding carboxylic acids is 1. The lowest BCUT2D eigenvalue weighted by Crippen LogP contribution is -2.30. The standard InChI is InChI=1S/C18H16ClF3N2O5S.ClH/c1-18(21,22)29-15-5-10(8-23-16(15)9-3-4-9)28-14-7-13(20)11(6-12(14)19)17(25)24-30(2,26)27;/h5-9H,3-4H2,1-2H3,(H,24,25);1H. The average Bonchev–Trinajstić information content (AvgIpc) is 3.40. The summed E-state index contributed by atoms with van der Waals surface area (Å²) in [5.41, 5.74) is -0.247. The SMILES string of the molecule is CC(F)(F)Oc1cc(Oc2cc(F)c(C(=O)NS(C)(=O)=O)cc2Cl)cnc1C1CC1.Cl. The molecule has 1 amide bonds. The maximum absolute atomic E-state index is 14.3. The Morgan fingerprint density at radius 3 is 2.45 bits per heavy atom. The average molecular weight is 501 g/mol. The van der Waals surface area contributed by atoms with Gasteiger partial charge >= 0.3 is 6.11 Å². The molecule has 2 aromatic rings. The Hall–Kier alpha value is -2.24. The van der Waals surface area contributed by atoms with E-state index in [2.05, 4.69) is 9.72 Å². The summed E-state index contributed by atoms with van der Waals surface area (Å²) in [6, 6.07) is 2.84. The van der Waals surface area contributed by atoms with Crippen molar-refractivity contribution in [3.05, 3.63) is 46.5 Å². The lowest BCUT2D eigenvalue weighted by atomic mass is 10.2. The molecule has 0 spiro atoms. The quantitative estimate of drug-likeness (QED) is 0.594. The van der Waals surface area contributed by atoms with E-state index in [4.69, 9.17) is 16.3 Å². The van der Waals surface area contributed by atoms with Gasteiger partial charge in [-0.25, -0.2) is 17.5 Å². The number of ether oxygens (including phenoxy) is 2. The maximum atomic E-state index is 14.3. The van der Waals surface area contributed by atoms with Crippen molar-refractivity contribution in [2.75, 3.05) is 6.26 Å². The van der Waals surface area contributed by atoms with E-state index in [1.54, 1.807) is 4.72 Å². The van der Waals surface area contributed by atoms with E-state index in [1.165, 1.54) is 12.3 Å². The number of amides is 1. The number of rotatable bonds is 7. The number of alkyl halides is 2. The van der Waals surface area contributed by atoms with Crippen molar-refractivity contribution in [3.8, 4) is 17.2 Å². The highest BCUT2D eigenvalue weighted by molar-refractivity contribution is 7.89. The van der Waals surface area contributed by atoms with Gasteiger partial charge in [0.15, 0.2) is 5.75 Å². The summed E-state index contributed by atoms with van der Waals surface area (Å²) in [6.45, 7) is 0.587. The smallest absolute Gasteiger partial charge is 0.394 e. The minimum absolute atomic E-state index is 0. The fourth-order valence-electron chi connectivity index (χ4n) is 2.56. The molecule has 0 atom stereocenters. The van der Waals surface area contributed by atoms with E-state index < -0.39 is 33.4 Å². The van der Waals surface area contributed by atoms with Gasteiger partial charge in [-0.2, -0.15) is 8.78 Å². The van der Waals surface area contributed by atoms with E-state index in [-0.39, 0.29) is 40.6 Å². The summed E-state index contributed by atoms with van der Waals surface area (Å²) in [5, 5.41) is -0.218. The minimum Gasteiger partial charge on any atom is -0.454 e. The summed E-state index contributed by atoms with van der Waals surface area (Å²) in [7, 11) is -3.91. The van der Waals surface area contributed by atoms with Crippen LogP contribution in [0.2, 0.25) is 5.02 Å². The Labute approximate surface area is 187 Å². The van der Waals surface area contributed by atoms with Crippen molar-refractivity contribution in [2.24, 2.45) is 0 Å². The first-order chi connectivity index (χ1) is 13.8. The van der Waals surface area contributed by atoms with Crippen LogP contribution in [0.15, 0.2) is 24.4 Å². The molecule has 0 aliphatic heterocycles. The predicted molar refractivity (Wildman–Crippen MR) is 109 cm³/mol. The molecule has 0 saturated heterocycles. The van der Waals surface area contributed by atoms with Gasteiger partial charge in [0.05, 0.1) is 28.7 Å². The van der Waals surface area contributed by atoms with Crippen molar-refractivity contribution in [1.82, 2.24) is 9.71 Å². The molecule has 13 heteroatoms. The van der Waals surface area contributed by atoms with Crippen molar-refractivity contribution < 1.29 is 35.9 Å². The Bertz CT molecular complexity index is 1110. The van der Waals surface area contributed by atoms with Crippen molar-refractivity contribution >= 4 is 39.9 Å². The molecular formula is C18H17Cl2F3N2O5S. The van der Waals surface area contributed by atoms with Gasteiger partial charge < -0.3 is 9.47 Å². The van der Waals surface area contributed by atoms with Gasteiger partial charge in [-0.3, -0.25) is 9.78 Å². The molecule has 7 nitrogen and oxygen atoms in total. The second-order valence-electron chi connectivity index (χ2n) is 6.81. The predicted octanol–water partition coefficient (Wildman–Crippen LogP) is 4.65. The van der Waals surface area contributed by atoms with E-state index in [9.17, 15) is 26.4 Å². The van der Waals surface area contributed by atoms with Crippen LogP contribution in [0.4, 0.5) is 13.2 Å².